The molecule has 32 heavy (non-hydrogen) atoms. The van der Waals surface area contributed by atoms with E-state index in [9.17, 15) is 4.79 Å². The number of hydrogen-bond acceptors (Lipinski definition) is 8. The number of nitrogens with one attached hydrogen (secondary N) is 3. The van der Waals surface area contributed by atoms with Crippen molar-refractivity contribution in [2.45, 2.75) is 44.6 Å². The molecule has 2 aromatic heterocycles. The molecule has 10 heteroatoms. The van der Waals surface area contributed by atoms with Crippen molar-refractivity contribution in [2.75, 3.05) is 24.3 Å². The van der Waals surface area contributed by atoms with E-state index in [0.717, 1.165) is 29.8 Å². The molecular formula is C22H24N6O4. The zero-order valence-corrected chi connectivity index (χ0v) is 17.8. The molecule has 1 aromatic carbocycles. The van der Waals surface area contributed by atoms with Crippen LogP contribution in [0.5, 0.6) is 11.5 Å². The molecule has 1 fully saturated rings. The van der Waals surface area contributed by atoms with E-state index in [2.05, 4.69) is 20.9 Å². The van der Waals surface area contributed by atoms with Crippen LogP contribution in [-0.2, 0) is 11.3 Å². The van der Waals surface area contributed by atoms with Crippen LogP contribution >= 0.6 is 0 Å². The summed E-state index contributed by atoms with van der Waals surface area (Å²) in [6, 6.07) is 5.49. The third kappa shape index (κ3) is 3.10. The second-order valence-corrected chi connectivity index (χ2v) is 8.41. The largest absolute Gasteiger partial charge is 0.484 e. The minimum Gasteiger partial charge on any atom is -0.484 e. The Bertz CT molecular complexity index is 1220. The van der Waals surface area contributed by atoms with Crippen molar-refractivity contribution in [3.8, 4) is 11.5 Å². The quantitative estimate of drug-likeness (QED) is 0.534. The Morgan fingerprint density at radius 1 is 1.25 bits per heavy atom. The molecule has 3 aromatic rings. The third-order valence-corrected chi connectivity index (χ3v) is 6.14. The number of anilines is 3. The van der Waals surface area contributed by atoms with E-state index < -0.39 is 0 Å². The summed E-state index contributed by atoms with van der Waals surface area (Å²) >= 11 is 0. The molecule has 1 amide bonds. The van der Waals surface area contributed by atoms with Gasteiger partial charge in [-0.25, -0.2) is 19.3 Å². The van der Waals surface area contributed by atoms with Crippen molar-refractivity contribution in [3.05, 3.63) is 30.1 Å². The smallest absolute Gasteiger partial charge is 0.328 e. The Hall–Kier alpha value is -3.53. The van der Waals surface area contributed by atoms with Gasteiger partial charge in [0.25, 0.3) is 0 Å². The molecule has 6 rings (SSSR count). The molecule has 3 N–H and O–H groups in total. The first-order chi connectivity index (χ1) is 15.6. The fourth-order valence-electron chi connectivity index (χ4n) is 4.32. The first-order valence-corrected chi connectivity index (χ1v) is 10.8. The van der Waals surface area contributed by atoms with Gasteiger partial charge < -0.3 is 30.2 Å². The predicted octanol–water partition coefficient (Wildman–Crippen LogP) is 3.00. The standard InChI is InChI=1S/C22H24N6O4/c1-11-8-31-20-15-5-12(6-17(20)32-11)9-30-16-4-3-13(16)26-22(29)28-10-24-19-14(23-2)7-18(25-15)27-21(19)28/h5-7,10-11,13,16H,3-4,8-9H2,1-2H3,(H,26,29)(H2,23,25,27)/t11-,13-,16-/m1/s1. The summed E-state index contributed by atoms with van der Waals surface area (Å²) in [5.74, 6) is 1.87. The first-order valence-electron chi connectivity index (χ1n) is 10.8. The van der Waals surface area contributed by atoms with Crippen LogP contribution in [0, 0.1) is 0 Å². The van der Waals surface area contributed by atoms with Gasteiger partial charge in [0.1, 0.15) is 30.4 Å². The Morgan fingerprint density at radius 2 is 2.16 bits per heavy atom. The summed E-state index contributed by atoms with van der Waals surface area (Å²) in [6.45, 7) is 2.84. The van der Waals surface area contributed by atoms with Crippen molar-refractivity contribution < 1.29 is 19.0 Å². The lowest BCUT2D eigenvalue weighted by Gasteiger charge is -2.37. The van der Waals surface area contributed by atoms with E-state index in [1.165, 1.54) is 10.9 Å². The van der Waals surface area contributed by atoms with Gasteiger partial charge in [0, 0.05) is 13.1 Å². The summed E-state index contributed by atoms with van der Waals surface area (Å²) in [7, 11) is 1.81. The van der Waals surface area contributed by atoms with Crippen LogP contribution in [0.1, 0.15) is 25.3 Å². The number of nitrogens with zero attached hydrogens (tertiary/aromatic N) is 3. The Labute approximate surface area is 184 Å². The van der Waals surface area contributed by atoms with Gasteiger partial charge in [0.2, 0.25) is 0 Å². The van der Waals surface area contributed by atoms with E-state index >= 15 is 0 Å². The van der Waals surface area contributed by atoms with Crippen LogP contribution < -0.4 is 25.4 Å². The van der Waals surface area contributed by atoms with Crippen molar-refractivity contribution in [1.82, 2.24) is 19.9 Å². The monoisotopic (exact) mass is 436 g/mol. The number of imidazole rings is 1. The number of benzene rings is 1. The van der Waals surface area contributed by atoms with Gasteiger partial charge in [-0.2, -0.15) is 0 Å². The summed E-state index contributed by atoms with van der Waals surface area (Å²) in [6.07, 6.45) is 3.18. The van der Waals surface area contributed by atoms with Crippen LogP contribution in [0.25, 0.3) is 11.2 Å². The molecule has 0 unspecified atom stereocenters. The maximum Gasteiger partial charge on any atom is 0.328 e. The van der Waals surface area contributed by atoms with Crippen molar-refractivity contribution in [3.63, 3.8) is 0 Å². The molecule has 0 saturated heterocycles. The molecule has 3 aliphatic rings. The highest BCUT2D eigenvalue weighted by Gasteiger charge is 2.34. The van der Waals surface area contributed by atoms with Crippen molar-refractivity contribution in [2.24, 2.45) is 0 Å². The maximum atomic E-state index is 13.0. The lowest BCUT2D eigenvalue weighted by Crippen LogP contribution is -2.52. The van der Waals surface area contributed by atoms with Gasteiger partial charge in [0.05, 0.1) is 30.1 Å². The van der Waals surface area contributed by atoms with Gasteiger partial charge >= 0.3 is 6.03 Å². The summed E-state index contributed by atoms with van der Waals surface area (Å²) in [4.78, 5) is 22.1. The molecule has 1 aliphatic carbocycles. The average Bonchev–Trinajstić information content (AvgIpc) is 3.19. The number of amides is 1. The molecule has 166 valence electrons. The summed E-state index contributed by atoms with van der Waals surface area (Å²) in [5, 5.41) is 9.56. The summed E-state index contributed by atoms with van der Waals surface area (Å²) < 4.78 is 19.6. The van der Waals surface area contributed by atoms with Crippen molar-refractivity contribution in [1.29, 1.82) is 0 Å². The predicted molar refractivity (Wildman–Crippen MR) is 118 cm³/mol. The van der Waals surface area contributed by atoms with Crippen LogP contribution in [0.2, 0.25) is 0 Å². The van der Waals surface area contributed by atoms with Gasteiger partial charge in [-0.1, -0.05) is 0 Å². The third-order valence-electron chi connectivity index (χ3n) is 6.14. The molecule has 4 heterocycles. The molecular weight excluding hydrogens is 412 g/mol. The van der Waals surface area contributed by atoms with Gasteiger partial charge in [0.15, 0.2) is 17.1 Å². The maximum absolute atomic E-state index is 13.0. The average molecular weight is 436 g/mol. The van der Waals surface area contributed by atoms with E-state index in [0.29, 0.717) is 41.7 Å². The van der Waals surface area contributed by atoms with Gasteiger partial charge in [-0.05, 0) is 37.5 Å². The SMILES string of the molecule is CNc1cc2nc3c1ncn3C(=O)N[C@@H]1CC[C@H]1OCc1cc(c3c(c1)O[C@H](C)CO3)N2. The molecule has 4 bridgehead atoms. The van der Waals surface area contributed by atoms with Crippen LogP contribution in [0.15, 0.2) is 24.5 Å². The number of carbonyl (C=O) groups excluding carboxylic acids is 1. The fraction of sp³-hybridized carbons (Fsp3) is 0.409. The molecule has 2 aliphatic heterocycles. The minimum atomic E-state index is -0.267. The lowest BCUT2D eigenvalue weighted by molar-refractivity contribution is -0.0324. The van der Waals surface area contributed by atoms with Crippen LogP contribution in [-0.4, -0.2) is 52.5 Å². The number of aromatic nitrogens is 3. The lowest BCUT2D eigenvalue weighted by atomic mass is 9.89. The molecule has 0 spiro atoms. The number of hydrogen-bond donors (Lipinski definition) is 3. The second-order valence-electron chi connectivity index (χ2n) is 8.41. The highest BCUT2D eigenvalue weighted by atomic mass is 16.6. The van der Waals surface area contributed by atoms with E-state index in [1.807, 2.05) is 32.2 Å². The number of ether oxygens (including phenoxy) is 3. The van der Waals surface area contributed by atoms with Crippen LogP contribution in [0.4, 0.5) is 22.0 Å². The molecule has 3 atom stereocenters. The van der Waals surface area contributed by atoms with E-state index in [4.69, 9.17) is 19.2 Å². The van der Waals surface area contributed by atoms with Crippen LogP contribution in [0.3, 0.4) is 0 Å². The topological polar surface area (TPSA) is 112 Å². The highest BCUT2D eigenvalue weighted by Crippen LogP contribution is 2.42. The first kappa shape index (κ1) is 19.2. The molecule has 1 saturated carbocycles. The van der Waals surface area contributed by atoms with E-state index in [1.54, 1.807) is 0 Å². The number of fused-ring (bicyclic) bond motifs is 6. The Balaban J connectivity index is 1.51. The van der Waals surface area contributed by atoms with E-state index in [-0.39, 0.29) is 24.3 Å². The number of pyridine rings is 1. The Kier molecular flexibility index (Phi) is 4.35. The number of rotatable bonds is 1. The summed E-state index contributed by atoms with van der Waals surface area (Å²) in [5.41, 5.74) is 3.53. The van der Waals surface area contributed by atoms with Gasteiger partial charge in [-0.15, -0.1) is 0 Å². The fourth-order valence-corrected chi connectivity index (χ4v) is 4.32. The highest BCUT2D eigenvalue weighted by molar-refractivity contribution is 5.94. The normalized spacial score (nSPS) is 24.1. The molecule has 10 nitrogen and oxygen atoms in total. The van der Waals surface area contributed by atoms with Crippen molar-refractivity contribution >= 4 is 34.4 Å². The zero-order valence-electron chi connectivity index (χ0n) is 17.8. The second kappa shape index (κ2) is 7.27. The molecule has 0 radical (unpaired) electrons. The zero-order chi connectivity index (χ0) is 21.8. The van der Waals surface area contributed by atoms with Gasteiger partial charge in [-0.3, -0.25) is 0 Å². The minimum absolute atomic E-state index is 0.0388. The Morgan fingerprint density at radius 3 is 2.97 bits per heavy atom. The number of carbonyl (C=O) groups is 1.